The van der Waals surface area contributed by atoms with Crippen molar-refractivity contribution in [3.8, 4) is 0 Å². The van der Waals surface area contributed by atoms with E-state index in [-0.39, 0.29) is 5.91 Å². The highest BCUT2D eigenvalue weighted by Gasteiger charge is 2.29. The van der Waals surface area contributed by atoms with Gasteiger partial charge in [-0.1, -0.05) is 24.3 Å². The lowest BCUT2D eigenvalue weighted by atomic mass is 9.85. The lowest BCUT2D eigenvalue weighted by Gasteiger charge is -2.19. The summed E-state index contributed by atoms with van der Waals surface area (Å²) < 4.78 is 0. The van der Waals surface area contributed by atoms with Gasteiger partial charge < -0.3 is 15.4 Å². The van der Waals surface area contributed by atoms with Crippen molar-refractivity contribution in [1.29, 1.82) is 0 Å². The van der Waals surface area contributed by atoms with Gasteiger partial charge in [0.25, 0.3) is 5.91 Å². The van der Waals surface area contributed by atoms with Crippen molar-refractivity contribution in [3.63, 3.8) is 0 Å². The van der Waals surface area contributed by atoms with Crippen molar-refractivity contribution in [1.82, 2.24) is 4.98 Å². The molecule has 0 aliphatic rings. The Bertz CT molecular complexity index is 908. The Balaban J connectivity index is 1.83. The van der Waals surface area contributed by atoms with Crippen molar-refractivity contribution in [3.05, 3.63) is 65.9 Å². The first-order valence-electron chi connectivity index (χ1n) is 7.61. The number of carboxylic acids is 1. The van der Waals surface area contributed by atoms with Crippen LogP contribution in [0.1, 0.15) is 29.8 Å². The van der Waals surface area contributed by atoms with E-state index in [9.17, 15) is 14.7 Å². The first-order valence-corrected chi connectivity index (χ1v) is 7.61. The molecule has 0 aliphatic heterocycles. The number of H-pyrrole nitrogens is 1. The van der Waals surface area contributed by atoms with Crippen molar-refractivity contribution in [2.45, 2.75) is 19.3 Å². The largest absolute Gasteiger partial charge is 0.481 e. The van der Waals surface area contributed by atoms with Gasteiger partial charge in [0.05, 0.1) is 16.5 Å². The Morgan fingerprint density at radius 2 is 1.75 bits per heavy atom. The molecule has 2 aromatic carbocycles. The van der Waals surface area contributed by atoms with E-state index in [4.69, 9.17) is 0 Å². The molecule has 1 heterocycles. The van der Waals surface area contributed by atoms with Crippen LogP contribution in [-0.2, 0) is 10.2 Å². The predicted molar refractivity (Wildman–Crippen MR) is 93.4 cm³/mol. The topological polar surface area (TPSA) is 82.2 Å². The van der Waals surface area contributed by atoms with E-state index in [2.05, 4.69) is 10.3 Å². The average Bonchev–Trinajstić information content (AvgIpc) is 3.03. The van der Waals surface area contributed by atoms with Gasteiger partial charge in [-0.2, -0.15) is 0 Å². The molecule has 0 saturated heterocycles. The van der Waals surface area contributed by atoms with Gasteiger partial charge >= 0.3 is 5.97 Å². The lowest BCUT2D eigenvalue weighted by Crippen LogP contribution is -2.28. The number of aromatic amines is 1. The quantitative estimate of drug-likeness (QED) is 0.683. The van der Waals surface area contributed by atoms with E-state index in [1.807, 2.05) is 18.2 Å². The number of para-hydroxylation sites is 1. The summed E-state index contributed by atoms with van der Waals surface area (Å²) in [6.07, 6.45) is 1.80. The molecule has 0 atom stereocenters. The number of fused-ring (bicyclic) bond motifs is 1. The molecule has 0 aliphatic carbocycles. The minimum atomic E-state index is -0.974. The van der Waals surface area contributed by atoms with Crippen LogP contribution >= 0.6 is 0 Å². The fourth-order valence-corrected chi connectivity index (χ4v) is 2.57. The molecular weight excluding hydrogens is 304 g/mol. The minimum Gasteiger partial charge on any atom is -0.481 e. The third-order valence-corrected chi connectivity index (χ3v) is 4.23. The molecule has 5 heteroatoms. The molecule has 3 rings (SSSR count). The number of hydrogen-bond acceptors (Lipinski definition) is 2. The van der Waals surface area contributed by atoms with Gasteiger partial charge in [0, 0.05) is 17.3 Å². The van der Waals surface area contributed by atoms with E-state index in [0.29, 0.717) is 16.8 Å². The van der Waals surface area contributed by atoms with E-state index >= 15 is 0 Å². The van der Waals surface area contributed by atoms with Crippen LogP contribution in [0.5, 0.6) is 0 Å². The number of aliphatic carboxylic acids is 1. The summed E-state index contributed by atoms with van der Waals surface area (Å²) in [5, 5.41) is 13.1. The van der Waals surface area contributed by atoms with Crippen LogP contribution < -0.4 is 5.32 Å². The van der Waals surface area contributed by atoms with Gasteiger partial charge in [-0.15, -0.1) is 0 Å². The smallest absolute Gasteiger partial charge is 0.313 e. The number of benzene rings is 2. The zero-order valence-corrected chi connectivity index (χ0v) is 13.5. The second-order valence-electron chi connectivity index (χ2n) is 6.21. The number of nitrogens with one attached hydrogen (secondary N) is 2. The minimum absolute atomic E-state index is 0.215. The van der Waals surface area contributed by atoms with Crippen LogP contribution in [-0.4, -0.2) is 22.0 Å². The normalized spacial score (nSPS) is 11.4. The van der Waals surface area contributed by atoms with Gasteiger partial charge in [0.2, 0.25) is 0 Å². The maximum atomic E-state index is 12.5. The molecule has 0 unspecified atom stereocenters. The molecule has 0 saturated carbocycles. The van der Waals surface area contributed by atoms with E-state index in [1.165, 1.54) is 0 Å². The summed E-state index contributed by atoms with van der Waals surface area (Å²) in [5.41, 5.74) is 1.68. The van der Waals surface area contributed by atoms with E-state index in [1.54, 1.807) is 50.4 Å². The maximum absolute atomic E-state index is 12.5. The summed E-state index contributed by atoms with van der Waals surface area (Å²) in [7, 11) is 0. The third kappa shape index (κ3) is 2.76. The van der Waals surface area contributed by atoms with Crippen LogP contribution in [0, 0.1) is 0 Å². The first-order chi connectivity index (χ1) is 11.4. The molecule has 0 spiro atoms. The number of carbonyl (C=O) groups is 2. The average molecular weight is 322 g/mol. The number of carboxylic acid groups (broad SMARTS) is 1. The number of rotatable bonds is 4. The fraction of sp³-hybridized carbons (Fsp3) is 0.158. The molecule has 0 fully saturated rings. The summed E-state index contributed by atoms with van der Waals surface area (Å²) in [4.78, 5) is 26.9. The highest BCUT2D eigenvalue weighted by atomic mass is 16.4. The highest BCUT2D eigenvalue weighted by molar-refractivity contribution is 6.12. The highest BCUT2D eigenvalue weighted by Crippen LogP contribution is 2.25. The zero-order valence-electron chi connectivity index (χ0n) is 13.5. The predicted octanol–water partition coefficient (Wildman–Crippen LogP) is 3.78. The second-order valence-corrected chi connectivity index (χ2v) is 6.21. The Morgan fingerprint density at radius 1 is 1.04 bits per heavy atom. The molecular formula is C19H18N2O3. The van der Waals surface area contributed by atoms with Crippen LogP contribution in [0.3, 0.4) is 0 Å². The number of aromatic nitrogens is 1. The first kappa shape index (κ1) is 15.8. The van der Waals surface area contributed by atoms with Crippen molar-refractivity contribution in [2.24, 2.45) is 0 Å². The molecule has 3 N–H and O–H groups in total. The SMILES string of the molecule is CC(C)(C(=O)O)c1ccc(NC(=O)c2cccc3cc[nH]c23)cc1. The fourth-order valence-electron chi connectivity index (χ4n) is 2.57. The third-order valence-electron chi connectivity index (χ3n) is 4.23. The standard InChI is InChI=1S/C19H18N2O3/c1-19(2,18(23)24)13-6-8-14(9-7-13)21-17(22)15-5-3-4-12-10-11-20-16(12)15/h3-11,20H,1-2H3,(H,21,22)(H,23,24). The Kier molecular flexibility index (Phi) is 3.85. The van der Waals surface area contributed by atoms with E-state index < -0.39 is 11.4 Å². The van der Waals surface area contributed by atoms with Gasteiger partial charge in [-0.05, 0) is 43.7 Å². The molecule has 3 aromatic rings. The van der Waals surface area contributed by atoms with Crippen molar-refractivity contribution >= 4 is 28.5 Å². The molecule has 1 amide bonds. The monoisotopic (exact) mass is 322 g/mol. The summed E-state index contributed by atoms with van der Waals surface area (Å²) in [6, 6.07) is 14.3. The molecule has 0 bridgehead atoms. The van der Waals surface area contributed by atoms with Crippen molar-refractivity contribution < 1.29 is 14.7 Å². The molecule has 0 radical (unpaired) electrons. The second kappa shape index (κ2) is 5.85. The summed E-state index contributed by atoms with van der Waals surface area (Å²) in [6.45, 7) is 3.30. The molecule has 122 valence electrons. The van der Waals surface area contributed by atoms with Crippen LogP contribution in [0.15, 0.2) is 54.7 Å². The Morgan fingerprint density at radius 3 is 2.42 bits per heavy atom. The Labute approximate surface area is 139 Å². The lowest BCUT2D eigenvalue weighted by molar-refractivity contribution is -0.142. The molecule has 24 heavy (non-hydrogen) atoms. The van der Waals surface area contributed by atoms with Crippen LogP contribution in [0.25, 0.3) is 10.9 Å². The van der Waals surface area contributed by atoms with Gasteiger partial charge in [-0.3, -0.25) is 9.59 Å². The van der Waals surface area contributed by atoms with Gasteiger partial charge in [0.15, 0.2) is 0 Å². The number of carbonyl (C=O) groups excluding carboxylic acids is 1. The van der Waals surface area contributed by atoms with Crippen molar-refractivity contribution in [2.75, 3.05) is 5.32 Å². The molecule has 1 aromatic heterocycles. The maximum Gasteiger partial charge on any atom is 0.313 e. The zero-order chi connectivity index (χ0) is 17.3. The number of anilines is 1. The van der Waals surface area contributed by atoms with Crippen LogP contribution in [0.4, 0.5) is 5.69 Å². The summed E-state index contributed by atoms with van der Waals surface area (Å²) >= 11 is 0. The summed E-state index contributed by atoms with van der Waals surface area (Å²) in [5.74, 6) is -1.11. The molecule has 5 nitrogen and oxygen atoms in total. The van der Waals surface area contributed by atoms with Gasteiger partial charge in [0.1, 0.15) is 0 Å². The number of hydrogen-bond donors (Lipinski definition) is 3. The van der Waals surface area contributed by atoms with E-state index in [0.717, 1.165) is 10.9 Å². The Hall–Kier alpha value is -3.08. The van der Waals surface area contributed by atoms with Crippen LogP contribution in [0.2, 0.25) is 0 Å². The van der Waals surface area contributed by atoms with Gasteiger partial charge in [-0.25, -0.2) is 0 Å². The number of amides is 1.